The lowest BCUT2D eigenvalue weighted by Gasteiger charge is -2.14. The SMILES string of the molecule is Cc1nn(-c2ccccc2)c(Cl)c1C(=O)Nc1nc(C(C)(C)C)cs1. The maximum atomic E-state index is 12.7. The molecular formula is C18H19ClN4OS. The van der Waals surface area contributed by atoms with Gasteiger partial charge in [-0.15, -0.1) is 11.3 Å². The number of amides is 1. The Kier molecular flexibility index (Phi) is 4.67. The van der Waals surface area contributed by atoms with Gasteiger partial charge in [-0.2, -0.15) is 5.10 Å². The van der Waals surface area contributed by atoms with Crippen LogP contribution >= 0.6 is 22.9 Å². The van der Waals surface area contributed by atoms with E-state index in [1.165, 1.54) is 11.3 Å². The molecule has 2 aromatic heterocycles. The lowest BCUT2D eigenvalue weighted by Crippen LogP contribution is -2.15. The lowest BCUT2D eigenvalue weighted by molar-refractivity contribution is 0.102. The molecule has 2 heterocycles. The van der Waals surface area contributed by atoms with Crippen molar-refractivity contribution in [3.8, 4) is 5.69 Å². The van der Waals surface area contributed by atoms with Gasteiger partial charge in [0.1, 0.15) is 10.7 Å². The van der Waals surface area contributed by atoms with Crippen molar-refractivity contribution in [3.05, 3.63) is 57.8 Å². The van der Waals surface area contributed by atoms with Gasteiger partial charge >= 0.3 is 0 Å². The molecule has 3 aromatic rings. The second-order valence-electron chi connectivity index (χ2n) is 6.74. The minimum absolute atomic E-state index is 0.0643. The van der Waals surface area contributed by atoms with Crippen LogP contribution in [-0.2, 0) is 5.41 Å². The van der Waals surface area contributed by atoms with Gasteiger partial charge < -0.3 is 0 Å². The topological polar surface area (TPSA) is 59.8 Å². The van der Waals surface area contributed by atoms with Gasteiger partial charge in [0.25, 0.3) is 5.91 Å². The van der Waals surface area contributed by atoms with Crippen molar-refractivity contribution >= 4 is 34.0 Å². The Morgan fingerprint density at radius 2 is 1.92 bits per heavy atom. The first-order chi connectivity index (χ1) is 11.8. The van der Waals surface area contributed by atoms with Gasteiger partial charge in [-0.1, -0.05) is 50.6 Å². The van der Waals surface area contributed by atoms with Crippen LogP contribution in [0.3, 0.4) is 0 Å². The predicted molar refractivity (Wildman–Crippen MR) is 102 cm³/mol. The summed E-state index contributed by atoms with van der Waals surface area (Å²) in [4.78, 5) is 17.2. The molecule has 0 spiro atoms. The minimum Gasteiger partial charge on any atom is -0.298 e. The van der Waals surface area contributed by atoms with E-state index in [0.29, 0.717) is 16.4 Å². The Morgan fingerprint density at radius 3 is 2.52 bits per heavy atom. The number of halogens is 1. The fourth-order valence-corrected chi connectivity index (χ4v) is 3.62. The Bertz CT molecular complexity index is 909. The van der Waals surface area contributed by atoms with Gasteiger partial charge in [-0.25, -0.2) is 9.67 Å². The number of carbonyl (C=O) groups excluding carboxylic acids is 1. The van der Waals surface area contributed by atoms with Crippen LogP contribution in [0.5, 0.6) is 0 Å². The van der Waals surface area contributed by atoms with Gasteiger partial charge in [0.05, 0.1) is 17.1 Å². The molecule has 0 aliphatic rings. The molecule has 0 radical (unpaired) electrons. The molecule has 130 valence electrons. The van der Waals surface area contributed by atoms with Crippen LogP contribution in [0.1, 0.15) is 42.5 Å². The van der Waals surface area contributed by atoms with E-state index in [2.05, 4.69) is 36.2 Å². The maximum Gasteiger partial charge on any atom is 0.262 e. The summed E-state index contributed by atoms with van der Waals surface area (Å²) in [6.45, 7) is 8.01. The Morgan fingerprint density at radius 1 is 1.24 bits per heavy atom. The number of hydrogen-bond donors (Lipinski definition) is 1. The molecule has 0 bridgehead atoms. The number of aryl methyl sites for hydroxylation is 1. The molecule has 0 saturated heterocycles. The van der Waals surface area contributed by atoms with Crippen LogP contribution in [0.2, 0.25) is 5.15 Å². The number of aromatic nitrogens is 3. The van der Waals surface area contributed by atoms with Crippen LogP contribution in [0.4, 0.5) is 5.13 Å². The fourth-order valence-electron chi connectivity index (χ4n) is 2.33. The van der Waals surface area contributed by atoms with Gasteiger partial charge in [0, 0.05) is 10.8 Å². The van der Waals surface area contributed by atoms with Crippen molar-refractivity contribution < 1.29 is 4.79 Å². The fraction of sp³-hybridized carbons (Fsp3) is 0.278. The quantitative estimate of drug-likeness (QED) is 0.713. The van der Waals surface area contributed by atoms with E-state index in [4.69, 9.17) is 11.6 Å². The molecule has 7 heteroatoms. The first-order valence-corrected chi connectivity index (χ1v) is 9.11. The standard InChI is InChI=1S/C18H19ClN4OS/c1-11-14(15(19)23(22-11)12-8-6-5-7-9-12)16(24)21-17-20-13(10-25-17)18(2,3)4/h5-10H,1-4H3,(H,20,21,24). The zero-order valence-corrected chi connectivity index (χ0v) is 16.1. The molecule has 1 aromatic carbocycles. The van der Waals surface area contributed by atoms with E-state index in [0.717, 1.165) is 11.4 Å². The summed E-state index contributed by atoms with van der Waals surface area (Å²) in [6.07, 6.45) is 0. The first kappa shape index (κ1) is 17.6. The number of benzene rings is 1. The first-order valence-electron chi connectivity index (χ1n) is 7.85. The number of anilines is 1. The third-order valence-corrected chi connectivity index (χ3v) is 4.83. The average Bonchev–Trinajstić information content (AvgIpc) is 3.12. The Hall–Kier alpha value is -2.18. The highest BCUT2D eigenvalue weighted by Gasteiger charge is 2.23. The summed E-state index contributed by atoms with van der Waals surface area (Å²) < 4.78 is 1.56. The molecular weight excluding hydrogens is 356 g/mol. The normalized spacial score (nSPS) is 11.6. The molecule has 0 unspecified atom stereocenters. The number of hydrogen-bond acceptors (Lipinski definition) is 4. The third kappa shape index (κ3) is 3.60. The zero-order valence-electron chi connectivity index (χ0n) is 14.5. The monoisotopic (exact) mass is 374 g/mol. The van der Waals surface area contributed by atoms with E-state index < -0.39 is 0 Å². The number of para-hydroxylation sites is 1. The van der Waals surface area contributed by atoms with Crippen LogP contribution < -0.4 is 5.32 Å². The molecule has 1 N–H and O–H groups in total. The van der Waals surface area contributed by atoms with E-state index in [-0.39, 0.29) is 16.5 Å². The van der Waals surface area contributed by atoms with E-state index >= 15 is 0 Å². The number of nitrogens with zero attached hydrogens (tertiary/aromatic N) is 3. The molecule has 0 atom stereocenters. The van der Waals surface area contributed by atoms with E-state index in [9.17, 15) is 4.79 Å². The van der Waals surface area contributed by atoms with Crippen molar-refractivity contribution in [3.63, 3.8) is 0 Å². The van der Waals surface area contributed by atoms with Gasteiger partial charge in [0.15, 0.2) is 5.13 Å². The molecule has 1 amide bonds. The molecule has 0 aliphatic heterocycles. The summed E-state index contributed by atoms with van der Waals surface area (Å²) in [5.41, 5.74) is 2.61. The van der Waals surface area contributed by atoms with Crippen LogP contribution in [0, 0.1) is 6.92 Å². The molecule has 0 saturated carbocycles. The van der Waals surface area contributed by atoms with Gasteiger partial charge in [-0.05, 0) is 19.1 Å². The molecule has 25 heavy (non-hydrogen) atoms. The maximum absolute atomic E-state index is 12.7. The van der Waals surface area contributed by atoms with E-state index in [1.54, 1.807) is 11.6 Å². The summed E-state index contributed by atoms with van der Waals surface area (Å²) in [6, 6.07) is 9.47. The summed E-state index contributed by atoms with van der Waals surface area (Å²) in [5.74, 6) is -0.306. The predicted octanol–water partition coefficient (Wildman–Crippen LogP) is 4.84. The highest BCUT2D eigenvalue weighted by Crippen LogP contribution is 2.28. The van der Waals surface area contributed by atoms with E-state index in [1.807, 2.05) is 35.7 Å². The Balaban J connectivity index is 1.88. The van der Waals surface area contributed by atoms with Crippen molar-refractivity contribution in [2.75, 3.05) is 5.32 Å². The van der Waals surface area contributed by atoms with Crippen molar-refractivity contribution in [2.24, 2.45) is 0 Å². The molecule has 5 nitrogen and oxygen atoms in total. The molecule has 0 fully saturated rings. The van der Waals surface area contributed by atoms with Crippen molar-refractivity contribution in [1.29, 1.82) is 0 Å². The minimum atomic E-state index is -0.306. The van der Waals surface area contributed by atoms with Crippen molar-refractivity contribution in [1.82, 2.24) is 14.8 Å². The lowest BCUT2D eigenvalue weighted by atomic mass is 9.93. The smallest absolute Gasteiger partial charge is 0.262 e. The number of carbonyl (C=O) groups is 1. The third-order valence-electron chi connectivity index (χ3n) is 3.72. The number of rotatable bonds is 3. The number of nitrogens with one attached hydrogen (secondary N) is 1. The summed E-state index contributed by atoms with van der Waals surface area (Å²) in [7, 11) is 0. The van der Waals surface area contributed by atoms with Crippen LogP contribution in [0.25, 0.3) is 5.69 Å². The number of thiazole rings is 1. The van der Waals surface area contributed by atoms with Crippen LogP contribution in [0.15, 0.2) is 35.7 Å². The Labute approximate surface area is 155 Å². The van der Waals surface area contributed by atoms with Gasteiger partial charge in [0.2, 0.25) is 0 Å². The van der Waals surface area contributed by atoms with Crippen LogP contribution in [-0.4, -0.2) is 20.7 Å². The zero-order chi connectivity index (χ0) is 18.2. The summed E-state index contributed by atoms with van der Waals surface area (Å²) in [5, 5.41) is 10.0. The van der Waals surface area contributed by atoms with Gasteiger partial charge in [-0.3, -0.25) is 10.1 Å². The average molecular weight is 375 g/mol. The second kappa shape index (κ2) is 6.61. The molecule has 3 rings (SSSR count). The highest BCUT2D eigenvalue weighted by molar-refractivity contribution is 7.14. The van der Waals surface area contributed by atoms with Crippen molar-refractivity contribution in [2.45, 2.75) is 33.1 Å². The highest BCUT2D eigenvalue weighted by atomic mass is 35.5. The largest absolute Gasteiger partial charge is 0.298 e. The second-order valence-corrected chi connectivity index (χ2v) is 7.96. The molecule has 0 aliphatic carbocycles. The summed E-state index contributed by atoms with van der Waals surface area (Å²) >= 11 is 7.83.